The molecule has 166 valence electrons. The fourth-order valence-electron chi connectivity index (χ4n) is 2.61. The molecule has 0 heterocycles. The van der Waals surface area contributed by atoms with Crippen LogP contribution in [-0.4, -0.2) is 45.4 Å². The number of guanidine groups is 1. The molecule has 0 aliphatic carbocycles. The van der Waals surface area contributed by atoms with E-state index in [4.69, 9.17) is 11.6 Å². The van der Waals surface area contributed by atoms with Crippen molar-refractivity contribution in [3.05, 3.63) is 64.7 Å². The van der Waals surface area contributed by atoms with Gasteiger partial charge in [0.2, 0.25) is 10.0 Å². The number of hydrogen-bond donors (Lipinski definition) is 2. The molecule has 0 atom stereocenters. The van der Waals surface area contributed by atoms with Gasteiger partial charge < -0.3 is 10.6 Å². The highest BCUT2D eigenvalue weighted by Crippen LogP contribution is 2.17. The van der Waals surface area contributed by atoms with Crippen LogP contribution in [0.15, 0.2) is 58.4 Å². The van der Waals surface area contributed by atoms with Crippen LogP contribution in [-0.2, 0) is 23.0 Å². The quantitative estimate of drug-likeness (QED) is 0.290. The summed E-state index contributed by atoms with van der Waals surface area (Å²) in [5, 5.41) is 7.24. The Morgan fingerprint density at radius 1 is 1.03 bits per heavy atom. The van der Waals surface area contributed by atoms with Crippen molar-refractivity contribution in [3.8, 4) is 0 Å². The fourth-order valence-corrected chi connectivity index (χ4v) is 4.10. The monoisotopic (exact) mass is 564 g/mol. The van der Waals surface area contributed by atoms with Crippen molar-refractivity contribution >= 4 is 51.6 Å². The van der Waals surface area contributed by atoms with Gasteiger partial charge in [-0.1, -0.05) is 35.9 Å². The van der Waals surface area contributed by atoms with Crippen LogP contribution in [0.2, 0.25) is 5.02 Å². The van der Waals surface area contributed by atoms with Crippen LogP contribution >= 0.6 is 35.6 Å². The lowest BCUT2D eigenvalue weighted by molar-refractivity contribution is 0.410. The Morgan fingerprint density at radius 3 is 2.13 bits per heavy atom. The maximum atomic E-state index is 12.5. The van der Waals surface area contributed by atoms with Crippen molar-refractivity contribution in [2.75, 3.05) is 20.6 Å². The summed E-state index contributed by atoms with van der Waals surface area (Å²) in [6.45, 7) is 4.98. The Morgan fingerprint density at radius 2 is 1.60 bits per heavy atom. The SMILES string of the molecule is CN=C(NCCc1ccc(Cl)cc1)NCc1ccc(S(=O)(=O)N(C)C(C)C)cc1.I. The van der Waals surface area contributed by atoms with Gasteiger partial charge >= 0.3 is 0 Å². The zero-order valence-corrected chi connectivity index (χ0v) is 21.6. The molecule has 0 aromatic heterocycles. The molecule has 30 heavy (non-hydrogen) atoms. The molecule has 0 saturated carbocycles. The van der Waals surface area contributed by atoms with E-state index in [0.29, 0.717) is 17.4 Å². The molecule has 9 heteroatoms. The van der Waals surface area contributed by atoms with Crippen LogP contribution in [0.3, 0.4) is 0 Å². The van der Waals surface area contributed by atoms with Crippen molar-refractivity contribution < 1.29 is 8.42 Å². The van der Waals surface area contributed by atoms with E-state index < -0.39 is 10.0 Å². The van der Waals surface area contributed by atoms with Crippen LogP contribution in [0.4, 0.5) is 0 Å². The van der Waals surface area contributed by atoms with Gasteiger partial charge in [-0.3, -0.25) is 4.99 Å². The van der Waals surface area contributed by atoms with Crippen LogP contribution in [0.5, 0.6) is 0 Å². The van der Waals surface area contributed by atoms with Crippen molar-refractivity contribution in [2.24, 2.45) is 4.99 Å². The summed E-state index contributed by atoms with van der Waals surface area (Å²) >= 11 is 5.90. The van der Waals surface area contributed by atoms with E-state index in [1.165, 1.54) is 9.87 Å². The van der Waals surface area contributed by atoms with E-state index in [2.05, 4.69) is 15.6 Å². The molecular weight excluding hydrogens is 535 g/mol. The van der Waals surface area contributed by atoms with Crippen LogP contribution < -0.4 is 10.6 Å². The van der Waals surface area contributed by atoms with Crippen molar-refractivity contribution in [1.29, 1.82) is 0 Å². The number of rotatable bonds is 8. The van der Waals surface area contributed by atoms with Gasteiger partial charge in [-0.2, -0.15) is 4.31 Å². The predicted octanol–water partition coefficient (Wildman–Crippen LogP) is 3.89. The first kappa shape index (κ1) is 26.7. The molecule has 2 rings (SSSR count). The topological polar surface area (TPSA) is 73.8 Å². The molecule has 0 amide bonds. The van der Waals surface area contributed by atoms with Crippen LogP contribution in [0.1, 0.15) is 25.0 Å². The maximum Gasteiger partial charge on any atom is 0.243 e. The Kier molecular flexibility index (Phi) is 11.1. The van der Waals surface area contributed by atoms with Crippen LogP contribution in [0.25, 0.3) is 0 Å². The summed E-state index contributed by atoms with van der Waals surface area (Å²) < 4.78 is 26.4. The minimum absolute atomic E-state index is 0. The number of sulfonamides is 1. The summed E-state index contributed by atoms with van der Waals surface area (Å²) in [6, 6.07) is 14.6. The minimum Gasteiger partial charge on any atom is -0.356 e. The van der Waals surface area contributed by atoms with E-state index in [1.807, 2.05) is 50.2 Å². The number of hydrogen-bond acceptors (Lipinski definition) is 3. The number of aliphatic imine (C=N–C) groups is 1. The van der Waals surface area contributed by atoms with Gasteiger partial charge in [-0.15, -0.1) is 24.0 Å². The largest absolute Gasteiger partial charge is 0.356 e. The molecule has 0 aliphatic rings. The molecule has 2 aromatic carbocycles. The summed E-state index contributed by atoms with van der Waals surface area (Å²) in [5.41, 5.74) is 2.16. The minimum atomic E-state index is -3.46. The second-order valence-corrected chi connectivity index (χ2v) is 9.42. The molecule has 0 aliphatic heterocycles. The Hall–Kier alpha value is -1.36. The first-order valence-electron chi connectivity index (χ1n) is 9.50. The number of nitrogens with zero attached hydrogens (tertiary/aromatic N) is 2. The first-order chi connectivity index (χ1) is 13.7. The summed E-state index contributed by atoms with van der Waals surface area (Å²) in [4.78, 5) is 4.51. The molecular formula is C21H30ClIN4O2S. The van der Waals surface area contributed by atoms with E-state index in [1.54, 1.807) is 26.2 Å². The third-order valence-electron chi connectivity index (χ3n) is 4.63. The lowest BCUT2D eigenvalue weighted by Gasteiger charge is -2.21. The van der Waals surface area contributed by atoms with Gasteiger partial charge in [0, 0.05) is 38.2 Å². The van der Waals surface area contributed by atoms with Crippen molar-refractivity contribution in [3.63, 3.8) is 0 Å². The normalized spacial score (nSPS) is 12.0. The third-order valence-corrected chi connectivity index (χ3v) is 6.93. The van der Waals surface area contributed by atoms with Gasteiger partial charge in [0.1, 0.15) is 0 Å². The summed E-state index contributed by atoms with van der Waals surface area (Å²) in [6.07, 6.45) is 0.855. The van der Waals surface area contributed by atoms with Gasteiger partial charge in [0.25, 0.3) is 0 Å². The Labute approximate surface area is 202 Å². The van der Waals surface area contributed by atoms with Gasteiger partial charge in [0.15, 0.2) is 5.96 Å². The molecule has 6 nitrogen and oxygen atoms in total. The Balaban J connectivity index is 0.00000450. The first-order valence-corrected chi connectivity index (χ1v) is 11.3. The van der Waals surface area contributed by atoms with Crippen molar-refractivity contribution in [2.45, 2.75) is 37.8 Å². The van der Waals surface area contributed by atoms with E-state index in [9.17, 15) is 8.42 Å². The van der Waals surface area contributed by atoms with Gasteiger partial charge in [-0.05, 0) is 55.7 Å². The molecule has 0 radical (unpaired) electrons. The number of benzene rings is 2. The third kappa shape index (κ3) is 7.72. The number of nitrogens with one attached hydrogen (secondary N) is 2. The fraction of sp³-hybridized carbons (Fsp3) is 0.381. The second kappa shape index (κ2) is 12.5. The highest BCUT2D eigenvalue weighted by Gasteiger charge is 2.22. The van der Waals surface area contributed by atoms with E-state index in [-0.39, 0.29) is 30.0 Å². The van der Waals surface area contributed by atoms with Gasteiger partial charge in [-0.25, -0.2) is 8.42 Å². The average Bonchev–Trinajstić information content (AvgIpc) is 2.71. The van der Waals surface area contributed by atoms with Gasteiger partial charge in [0.05, 0.1) is 4.90 Å². The smallest absolute Gasteiger partial charge is 0.243 e. The lowest BCUT2D eigenvalue weighted by Crippen LogP contribution is -2.37. The molecule has 0 bridgehead atoms. The predicted molar refractivity (Wildman–Crippen MR) is 135 cm³/mol. The average molecular weight is 565 g/mol. The molecule has 0 spiro atoms. The lowest BCUT2D eigenvalue weighted by atomic mass is 10.1. The maximum absolute atomic E-state index is 12.5. The summed E-state index contributed by atoms with van der Waals surface area (Å²) in [7, 11) is -0.154. The van der Waals surface area contributed by atoms with E-state index >= 15 is 0 Å². The summed E-state index contributed by atoms with van der Waals surface area (Å²) in [5.74, 6) is 0.690. The van der Waals surface area contributed by atoms with Crippen LogP contribution in [0, 0.1) is 0 Å². The van der Waals surface area contributed by atoms with Crippen molar-refractivity contribution in [1.82, 2.24) is 14.9 Å². The van der Waals surface area contributed by atoms with E-state index in [0.717, 1.165) is 23.6 Å². The zero-order chi connectivity index (χ0) is 21.4. The zero-order valence-electron chi connectivity index (χ0n) is 17.7. The highest BCUT2D eigenvalue weighted by molar-refractivity contribution is 14.0. The molecule has 2 N–H and O–H groups in total. The number of halogens is 2. The molecule has 0 saturated heterocycles. The molecule has 2 aromatic rings. The highest BCUT2D eigenvalue weighted by atomic mass is 127. The Bertz CT molecular complexity index is 917. The second-order valence-electron chi connectivity index (χ2n) is 6.99. The standard InChI is InChI=1S/C21H29ClN4O2S.HI/c1-16(2)26(4)29(27,28)20-11-7-18(8-12-20)15-25-21(23-3)24-14-13-17-5-9-19(22)10-6-17;/h5-12,16H,13-15H2,1-4H3,(H2,23,24,25);1H. The molecule has 0 fully saturated rings. The molecule has 0 unspecified atom stereocenters.